The molecule has 0 spiro atoms. The third-order valence-corrected chi connectivity index (χ3v) is 5.52. The highest BCUT2D eigenvalue weighted by Crippen LogP contribution is 2.31. The maximum Gasteiger partial charge on any atom is 0.270 e. The maximum atomic E-state index is 13.2. The first-order valence-electron chi connectivity index (χ1n) is 8.81. The van der Waals surface area contributed by atoms with E-state index in [-0.39, 0.29) is 10.7 Å². The van der Waals surface area contributed by atoms with Crippen molar-refractivity contribution in [2.24, 2.45) is 7.05 Å². The SMILES string of the molecule is Cn1nc(-c2ccccc2)c(/C=C2\C(=O)NC(=S)N(c3ccc(Cl)cc3)C2=O)c1Cl. The Morgan fingerprint density at radius 3 is 2.37 bits per heavy atom. The number of thiocarbonyl (C=S) groups is 1. The van der Waals surface area contributed by atoms with Crippen LogP contribution in [0.2, 0.25) is 10.2 Å². The van der Waals surface area contributed by atoms with Crippen LogP contribution in [0.3, 0.4) is 0 Å². The predicted molar refractivity (Wildman–Crippen MR) is 121 cm³/mol. The number of aromatic nitrogens is 2. The number of rotatable bonds is 3. The standard InChI is InChI=1S/C21H14Cl2N4O2S/c1-26-18(23)15(17(25-26)12-5-3-2-4-6-12)11-16-19(28)24-21(30)27(20(16)29)14-9-7-13(22)8-10-14/h2-11H,1H3,(H,24,28,30)/b16-11+. The van der Waals surface area contributed by atoms with Crippen LogP contribution in [0.4, 0.5) is 5.69 Å². The summed E-state index contributed by atoms with van der Waals surface area (Å²) in [5.74, 6) is -1.17. The first-order valence-corrected chi connectivity index (χ1v) is 9.98. The van der Waals surface area contributed by atoms with Crippen LogP contribution in [0.15, 0.2) is 60.2 Å². The van der Waals surface area contributed by atoms with Crippen LogP contribution >= 0.6 is 35.4 Å². The van der Waals surface area contributed by atoms with Crippen LogP contribution in [0.1, 0.15) is 5.56 Å². The number of carbonyl (C=O) groups excluding carboxylic acids is 2. The van der Waals surface area contributed by atoms with Gasteiger partial charge in [0.05, 0.1) is 5.69 Å². The van der Waals surface area contributed by atoms with E-state index in [1.165, 1.54) is 15.7 Å². The number of benzene rings is 2. The van der Waals surface area contributed by atoms with E-state index < -0.39 is 11.8 Å². The first kappa shape index (κ1) is 20.3. The van der Waals surface area contributed by atoms with E-state index in [1.54, 1.807) is 31.3 Å². The lowest BCUT2D eigenvalue weighted by molar-refractivity contribution is -0.122. The summed E-state index contributed by atoms with van der Waals surface area (Å²) in [5.41, 5.74) is 2.21. The number of hydrogen-bond acceptors (Lipinski definition) is 4. The summed E-state index contributed by atoms with van der Waals surface area (Å²) in [5, 5.41) is 7.80. The lowest BCUT2D eigenvalue weighted by Gasteiger charge is -2.28. The second-order valence-electron chi connectivity index (χ2n) is 6.48. The van der Waals surface area contributed by atoms with Gasteiger partial charge in [0.15, 0.2) is 5.11 Å². The summed E-state index contributed by atoms with van der Waals surface area (Å²) in [6, 6.07) is 15.9. The number of aryl methyl sites for hydroxylation is 1. The number of amides is 2. The van der Waals surface area contributed by atoms with Crippen LogP contribution in [0, 0.1) is 0 Å². The van der Waals surface area contributed by atoms with Crippen molar-refractivity contribution in [1.82, 2.24) is 15.1 Å². The van der Waals surface area contributed by atoms with Crippen molar-refractivity contribution in [3.8, 4) is 11.3 Å². The molecule has 1 aliphatic heterocycles. The molecule has 0 aliphatic carbocycles. The molecule has 2 aromatic carbocycles. The molecular formula is C21H14Cl2N4O2S. The number of nitrogens with one attached hydrogen (secondary N) is 1. The van der Waals surface area contributed by atoms with Crippen molar-refractivity contribution in [3.05, 3.63) is 75.9 Å². The molecule has 0 radical (unpaired) electrons. The molecule has 150 valence electrons. The Bertz CT molecular complexity index is 1200. The molecule has 0 unspecified atom stereocenters. The smallest absolute Gasteiger partial charge is 0.270 e. The molecule has 9 heteroatoms. The van der Waals surface area contributed by atoms with Gasteiger partial charge in [-0.05, 0) is 42.6 Å². The lowest BCUT2D eigenvalue weighted by Crippen LogP contribution is -2.54. The monoisotopic (exact) mass is 456 g/mol. The second-order valence-corrected chi connectivity index (χ2v) is 7.66. The fourth-order valence-corrected chi connectivity index (χ4v) is 3.67. The van der Waals surface area contributed by atoms with Gasteiger partial charge in [-0.3, -0.25) is 24.5 Å². The minimum Gasteiger partial charge on any atom is -0.298 e. The van der Waals surface area contributed by atoms with Crippen LogP contribution in [0.25, 0.3) is 17.3 Å². The van der Waals surface area contributed by atoms with Crippen LogP contribution in [-0.2, 0) is 16.6 Å². The zero-order chi connectivity index (χ0) is 21.4. The summed E-state index contributed by atoms with van der Waals surface area (Å²) in [7, 11) is 1.69. The molecule has 2 amide bonds. The zero-order valence-corrected chi connectivity index (χ0v) is 17.9. The fraction of sp³-hybridized carbons (Fsp3) is 0.0476. The summed E-state index contributed by atoms with van der Waals surface area (Å²) in [4.78, 5) is 27.1. The second kappa shape index (κ2) is 8.02. The molecule has 6 nitrogen and oxygen atoms in total. The summed E-state index contributed by atoms with van der Waals surface area (Å²) in [6.45, 7) is 0. The van der Waals surface area contributed by atoms with Gasteiger partial charge >= 0.3 is 0 Å². The predicted octanol–water partition coefficient (Wildman–Crippen LogP) is 4.23. The van der Waals surface area contributed by atoms with Crippen LogP contribution < -0.4 is 10.2 Å². The number of nitrogens with zero attached hydrogens (tertiary/aromatic N) is 3. The lowest BCUT2D eigenvalue weighted by atomic mass is 10.0. The fourth-order valence-electron chi connectivity index (χ4n) is 3.08. The van der Waals surface area contributed by atoms with Gasteiger partial charge in [0.2, 0.25) is 0 Å². The summed E-state index contributed by atoms with van der Waals surface area (Å²) < 4.78 is 1.49. The molecule has 1 saturated heterocycles. The molecule has 30 heavy (non-hydrogen) atoms. The molecule has 4 rings (SSSR count). The van der Waals surface area contributed by atoms with Gasteiger partial charge in [0.1, 0.15) is 16.4 Å². The van der Waals surface area contributed by atoms with Gasteiger partial charge in [-0.1, -0.05) is 53.5 Å². The van der Waals surface area contributed by atoms with E-state index in [1.807, 2.05) is 30.3 Å². The molecule has 2 heterocycles. The number of hydrogen-bond donors (Lipinski definition) is 1. The molecule has 1 N–H and O–H groups in total. The van der Waals surface area contributed by atoms with Crippen molar-refractivity contribution in [1.29, 1.82) is 0 Å². The Morgan fingerprint density at radius 2 is 1.70 bits per heavy atom. The quantitative estimate of drug-likeness (QED) is 0.363. The van der Waals surface area contributed by atoms with Crippen molar-refractivity contribution in [2.45, 2.75) is 0 Å². The van der Waals surface area contributed by atoms with Crippen molar-refractivity contribution >= 4 is 64.1 Å². The molecule has 3 aromatic rings. The highest BCUT2D eigenvalue weighted by Gasteiger charge is 2.35. The topological polar surface area (TPSA) is 67.2 Å². The number of halogens is 2. The Hall–Kier alpha value is -3.00. The number of carbonyl (C=O) groups is 2. The molecule has 0 saturated carbocycles. The molecule has 1 aromatic heterocycles. The van der Waals surface area contributed by atoms with E-state index in [9.17, 15) is 9.59 Å². The largest absolute Gasteiger partial charge is 0.298 e. The minimum atomic E-state index is -0.603. The Balaban J connectivity index is 1.82. The molecular weight excluding hydrogens is 443 g/mol. The van der Waals surface area contributed by atoms with Gasteiger partial charge in [-0.25, -0.2) is 0 Å². The van der Waals surface area contributed by atoms with Crippen LogP contribution in [0.5, 0.6) is 0 Å². The van der Waals surface area contributed by atoms with E-state index in [2.05, 4.69) is 10.4 Å². The van der Waals surface area contributed by atoms with Gasteiger partial charge in [0, 0.05) is 23.2 Å². The Labute approximate surface area is 187 Å². The van der Waals surface area contributed by atoms with Crippen molar-refractivity contribution < 1.29 is 9.59 Å². The normalized spacial score (nSPS) is 15.6. The summed E-state index contributed by atoms with van der Waals surface area (Å²) >= 11 is 17.6. The van der Waals surface area contributed by atoms with Crippen molar-refractivity contribution in [2.75, 3.05) is 4.90 Å². The van der Waals surface area contributed by atoms with E-state index >= 15 is 0 Å². The van der Waals surface area contributed by atoms with Crippen LogP contribution in [-0.4, -0.2) is 26.7 Å². The number of anilines is 1. The first-order chi connectivity index (χ1) is 14.4. The highest BCUT2D eigenvalue weighted by atomic mass is 35.5. The van der Waals surface area contributed by atoms with E-state index in [4.69, 9.17) is 35.4 Å². The Kier molecular flexibility index (Phi) is 5.42. The third-order valence-electron chi connectivity index (χ3n) is 4.53. The highest BCUT2D eigenvalue weighted by molar-refractivity contribution is 7.80. The third kappa shape index (κ3) is 3.63. The molecule has 1 aliphatic rings. The van der Waals surface area contributed by atoms with Gasteiger partial charge in [-0.15, -0.1) is 0 Å². The van der Waals surface area contributed by atoms with Gasteiger partial charge < -0.3 is 0 Å². The average Bonchev–Trinajstić information content (AvgIpc) is 3.01. The average molecular weight is 457 g/mol. The maximum absolute atomic E-state index is 13.2. The van der Waals surface area contributed by atoms with Gasteiger partial charge in [-0.2, -0.15) is 5.10 Å². The molecule has 0 bridgehead atoms. The zero-order valence-electron chi connectivity index (χ0n) is 15.6. The van der Waals surface area contributed by atoms with E-state index in [0.29, 0.717) is 27.1 Å². The van der Waals surface area contributed by atoms with E-state index in [0.717, 1.165) is 5.56 Å². The molecule has 1 fully saturated rings. The van der Waals surface area contributed by atoms with Crippen molar-refractivity contribution in [3.63, 3.8) is 0 Å². The Morgan fingerprint density at radius 1 is 1.03 bits per heavy atom. The minimum absolute atomic E-state index is 0.00922. The molecule has 0 atom stereocenters. The summed E-state index contributed by atoms with van der Waals surface area (Å²) in [6.07, 6.45) is 1.44. The van der Waals surface area contributed by atoms with Gasteiger partial charge in [0.25, 0.3) is 11.8 Å².